The monoisotopic (exact) mass is 226 g/mol. The topological polar surface area (TPSA) is 29.5 Å². The summed E-state index contributed by atoms with van der Waals surface area (Å²) in [4.78, 5) is 0. The zero-order valence-corrected chi connectivity index (χ0v) is 9.63. The molecular weight excluding hydrogens is 212 g/mol. The number of rotatable bonds is 3. The Labute approximate surface area is 101 Å². The molecular formula is C15H14O2. The molecule has 1 N–H and O–H groups in total. The fraction of sp³-hybridized carbons (Fsp3) is 0.0667. The first-order valence-electron chi connectivity index (χ1n) is 5.40. The summed E-state index contributed by atoms with van der Waals surface area (Å²) in [5.41, 5.74) is 1.81. The summed E-state index contributed by atoms with van der Waals surface area (Å²) >= 11 is 0. The number of hydrogen-bond donors (Lipinski definition) is 1. The van der Waals surface area contributed by atoms with Crippen LogP contribution in [0, 0.1) is 0 Å². The molecule has 0 amide bonds. The summed E-state index contributed by atoms with van der Waals surface area (Å²) in [7, 11) is 1.64. The van der Waals surface area contributed by atoms with Gasteiger partial charge in [-0.05, 0) is 23.8 Å². The Balaban J connectivity index is 2.17. The molecule has 17 heavy (non-hydrogen) atoms. The smallest absolute Gasteiger partial charge is 0.122 e. The SMILES string of the molecule is COc1cccc(C=CC(O)=C2C=CC=C2)c1. The molecule has 0 atom stereocenters. The van der Waals surface area contributed by atoms with Gasteiger partial charge in [0, 0.05) is 5.57 Å². The molecule has 0 radical (unpaired) electrons. The largest absolute Gasteiger partial charge is 0.507 e. The highest BCUT2D eigenvalue weighted by atomic mass is 16.5. The number of aliphatic hydroxyl groups excluding tert-OH is 1. The minimum atomic E-state index is 0.262. The van der Waals surface area contributed by atoms with Crippen LogP contribution in [0.1, 0.15) is 5.56 Å². The molecule has 86 valence electrons. The maximum absolute atomic E-state index is 9.80. The molecule has 1 aliphatic rings. The predicted octanol–water partition coefficient (Wildman–Crippen LogP) is 3.65. The Bertz CT molecular complexity index is 505. The molecule has 1 aromatic carbocycles. The molecule has 0 spiro atoms. The fourth-order valence-electron chi connectivity index (χ4n) is 1.56. The number of benzene rings is 1. The minimum Gasteiger partial charge on any atom is -0.507 e. The van der Waals surface area contributed by atoms with Gasteiger partial charge in [0.05, 0.1) is 7.11 Å². The van der Waals surface area contributed by atoms with Crippen LogP contribution >= 0.6 is 0 Å². The van der Waals surface area contributed by atoms with Gasteiger partial charge in [-0.2, -0.15) is 0 Å². The van der Waals surface area contributed by atoms with Gasteiger partial charge >= 0.3 is 0 Å². The summed E-state index contributed by atoms with van der Waals surface area (Å²) in [6.07, 6.45) is 11.1. The second-order valence-corrected chi connectivity index (χ2v) is 3.67. The van der Waals surface area contributed by atoms with Crippen molar-refractivity contribution >= 4 is 6.08 Å². The lowest BCUT2D eigenvalue weighted by Crippen LogP contribution is -1.83. The molecule has 0 fully saturated rings. The van der Waals surface area contributed by atoms with E-state index in [1.807, 2.05) is 54.6 Å². The molecule has 0 saturated carbocycles. The van der Waals surface area contributed by atoms with Gasteiger partial charge in [-0.3, -0.25) is 0 Å². The number of allylic oxidation sites excluding steroid dienone is 6. The normalized spacial score (nSPS) is 13.6. The first kappa shape index (κ1) is 11.3. The first-order chi connectivity index (χ1) is 8.29. The summed E-state index contributed by atoms with van der Waals surface area (Å²) in [5.74, 6) is 1.07. The molecule has 0 unspecified atom stereocenters. The predicted molar refractivity (Wildman–Crippen MR) is 70.0 cm³/mol. The molecule has 0 bridgehead atoms. The van der Waals surface area contributed by atoms with E-state index in [9.17, 15) is 5.11 Å². The average molecular weight is 226 g/mol. The molecule has 0 aromatic heterocycles. The molecule has 0 aliphatic heterocycles. The van der Waals surface area contributed by atoms with Gasteiger partial charge < -0.3 is 9.84 Å². The van der Waals surface area contributed by atoms with Crippen molar-refractivity contribution in [1.82, 2.24) is 0 Å². The van der Waals surface area contributed by atoms with Crippen LogP contribution in [-0.4, -0.2) is 12.2 Å². The van der Waals surface area contributed by atoms with Crippen LogP contribution in [0.15, 0.2) is 66.0 Å². The molecule has 2 heteroatoms. The van der Waals surface area contributed by atoms with Crippen molar-refractivity contribution < 1.29 is 9.84 Å². The van der Waals surface area contributed by atoms with Crippen molar-refractivity contribution in [3.63, 3.8) is 0 Å². The molecule has 1 aromatic rings. The van der Waals surface area contributed by atoms with Crippen LogP contribution < -0.4 is 4.74 Å². The Morgan fingerprint density at radius 2 is 2.00 bits per heavy atom. The lowest BCUT2D eigenvalue weighted by molar-refractivity contribution is 0.414. The highest BCUT2D eigenvalue weighted by Crippen LogP contribution is 2.16. The van der Waals surface area contributed by atoms with Crippen molar-refractivity contribution in [3.8, 4) is 5.75 Å². The van der Waals surface area contributed by atoms with Gasteiger partial charge in [-0.1, -0.05) is 42.5 Å². The van der Waals surface area contributed by atoms with Gasteiger partial charge in [0.2, 0.25) is 0 Å². The third-order valence-corrected chi connectivity index (χ3v) is 2.49. The third-order valence-electron chi connectivity index (χ3n) is 2.49. The van der Waals surface area contributed by atoms with E-state index in [0.29, 0.717) is 0 Å². The first-order valence-corrected chi connectivity index (χ1v) is 5.40. The van der Waals surface area contributed by atoms with Crippen molar-refractivity contribution in [3.05, 3.63) is 71.5 Å². The third kappa shape index (κ3) is 2.88. The molecule has 2 nitrogen and oxygen atoms in total. The molecule has 0 heterocycles. The van der Waals surface area contributed by atoms with E-state index in [1.54, 1.807) is 13.2 Å². The van der Waals surface area contributed by atoms with E-state index in [0.717, 1.165) is 16.9 Å². The van der Waals surface area contributed by atoms with Crippen molar-refractivity contribution in [2.24, 2.45) is 0 Å². The van der Waals surface area contributed by atoms with Crippen LogP contribution in [0.3, 0.4) is 0 Å². The van der Waals surface area contributed by atoms with Crippen LogP contribution in [0.5, 0.6) is 5.75 Å². The summed E-state index contributed by atoms with van der Waals surface area (Å²) < 4.78 is 5.13. The zero-order chi connectivity index (χ0) is 12.1. The zero-order valence-electron chi connectivity index (χ0n) is 9.63. The lowest BCUT2D eigenvalue weighted by Gasteiger charge is -2.00. The van der Waals surface area contributed by atoms with Crippen LogP contribution in [0.25, 0.3) is 6.08 Å². The molecule has 1 aliphatic carbocycles. The highest BCUT2D eigenvalue weighted by Gasteiger charge is 1.98. The van der Waals surface area contributed by atoms with E-state index in [-0.39, 0.29) is 5.76 Å². The van der Waals surface area contributed by atoms with E-state index >= 15 is 0 Å². The lowest BCUT2D eigenvalue weighted by atomic mass is 10.1. The van der Waals surface area contributed by atoms with Crippen LogP contribution in [0.2, 0.25) is 0 Å². The standard InChI is InChI=1S/C15H14O2/c1-17-14-8-4-5-12(11-14)9-10-15(16)13-6-2-3-7-13/h2-11,16H,1H3. The van der Waals surface area contributed by atoms with Gasteiger partial charge in [0.15, 0.2) is 0 Å². The minimum absolute atomic E-state index is 0.262. The quantitative estimate of drug-likeness (QED) is 0.797. The average Bonchev–Trinajstić information content (AvgIpc) is 2.90. The van der Waals surface area contributed by atoms with Crippen molar-refractivity contribution in [2.75, 3.05) is 7.11 Å². The maximum Gasteiger partial charge on any atom is 0.122 e. The Morgan fingerprint density at radius 3 is 2.71 bits per heavy atom. The van der Waals surface area contributed by atoms with Gasteiger partial charge in [0.1, 0.15) is 11.5 Å². The van der Waals surface area contributed by atoms with Gasteiger partial charge in [-0.25, -0.2) is 0 Å². The van der Waals surface area contributed by atoms with E-state index in [2.05, 4.69) is 0 Å². The summed E-state index contributed by atoms with van der Waals surface area (Å²) in [5, 5.41) is 9.80. The fourth-order valence-corrected chi connectivity index (χ4v) is 1.56. The number of hydrogen-bond acceptors (Lipinski definition) is 2. The van der Waals surface area contributed by atoms with Crippen molar-refractivity contribution in [2.45, 2.75) is 0 Å². The molecule has 2 rings (SSSR count). The van der Waals surface area contributed by atoms with Crippen LogP contribution in [-0.2, 0) is 0 Å². The molecule has 0 saturated heterocycles. The Kier molecular flexibility index (Phi) is 3.46. The van der Waals surface area contributed by atoms with E-state index in [4.69, 9.17) is 4.74 Å². The maximum atomic E-state index is 9.80. The summed E-state index contributed by atoms with van der Waals surface area (Å²) in [6, 6.07) is 7.67. The van der Waals surface area contributed by atoms with Crippen LogP contribution in [0.4, 0.5) is 0 Å². The van der Waals surface area contributed by atoms with Gasteiger partial charge in [-0.15, -0.1) is 0 Å². The number of aliphatic hydroxyl groups is 1. The second kappa shape index (κ2) is 5.21. The van der Waals surface area contributed by atoms with E-state index in [1.165, 1.54) is 0 Å². The Hall–Kier alpha value is -2.22. The summed E-state index contributed by atoms with van der Waals surface area (Å²) in [6.45, 7) is 0. The number of methoxy groups -OCH3 is 1. The van der Waals surface area contributed by atoms with Gasteiger partial charge in [0.25, 0.3) is 0 Å². The second-order valence-electron chi connectivity index (χ2n) is 3.67. The Morgan fingerprint density at radius 1 is 1.24 bits per heavy atom. The highest BCUT2D eigenvalue weighted by molar-refractivity contribution is 5.56. The van der Waals surface area contributed by atoms with Crippen molar-refractivity contribution in [1.29, 1.82) is 0 Å². The van der Waals surface area contributed by atoms with E-state index < -0.39 is 0 Å². The number of ether oxygens (including phenoxy) is 1.